The third-order valence-electron chi connectivity index (χ3n) is 3.15. The lowest BCUT2D eigenvalue weighted by molar-refractivity contribution is 0.319. The number of hydrogen-bond donors (Lipinski definition) is 1. The first-order chi connectivity index (χ1) is 7.91. The topological polar surface area (TPSA) is 29.9 Å². The molecule has 0 atom stereocenters. The third kappa shape index (κ3) is 3.81. The lowest BCUT2D eigenvalue weighted by Gasteiger charge is -2.25. The number of rotatable bonds is 6. The summed E-state index contributed by atoms with van der Waals surface area (Å²) in [5, 5.41) is 7.77. The van der Waals surface area contributed by atoms with E-state index in [2.05, 4.69) is 58.7 Å². The highest BCUT2D eigenvalue weighted by molar-refractivity contribution is 9.10. The molecule has 1 rings (SSSR count). The quantitative estimate of drug-likeness (QED) is 0.875. The van der Waals surface area contributed by atoms with Crippen molar-refractivity contribution in [2.45, 2.75) is 47.1 Å². The van der Waals surface area contributed by atoms with Crippen molar-refractivity contribution in [1.29, 1.82) is 0 Å². The van der Waals surface area contributed by atoms with Crippen LogP contribution in [0.2, 0.25) is 0 Å². The van der Waals surface area contributed by atoms with E-state index in [0.29, 0.717) is 5.41 Å². The smallest absolute Gasteiger partial charge is 0.0738 e. The Labute approximate surface area is 113 Å². The molecule has 1 aromatic heterocycles. The first kappa shape index (κ1) is 14.7. The van der Waals surface area contributed by atoms with Crippen molar-refractivity contribution in [3.05, 3.63) is 15.9 Å². The largest absolute Gasteiger partial charge is 0.320 e. The molecular formula is C13H24BrN3. The second kappa shape index (κ2) is 6.01. The Morgan fingerprint density at radius 3 is 2.59 bits per heavy atom. The van der Waals surface area contributed by atoms with E-state index in [4.69, 9.17) is 0 Å². The number of aryl methyl sites for hydroxylation is 2. The summed E-state index contributed by atoms with van der Waals surface area (Å²) in [6, 6.07) is 0. The van der Waals surface area contributed by atoms with Crippen LogP contribution in [0.3, 0.4) is 0 Å². The van der Waals surface area contributed by atoms with E-state index >= 15 is 0 Å². The van der Waals surface area contributed by atoms with Crippen molar-refractivity contribution >= 4 is 15.9 Å². The fourth-order valence-corrected chi connectivity index (χ4v) is 2.47. The van der Waals surface area contributed by atoms with Crippen molar-refractivity contribution in [2.24, 2.45) is 5.41 Å². The number of hydrogen-bond acceptors (Lipinski definition) is 2. The number of nitrogens with zero attached hydrogens (tertiary/aromatic N) is 2. The Morgan fingerprint density at radius 2 is 2.06 bits per heavy atom. The van der Waals surface area contributed by atoms with Crippen molar-refractivity contribution in [3.8, 4) is 0 Å². The van der Waals surface area contributed by atoms with Crippen LogP contribution >= 0.6 is 15.9 Å². The lowest BCUT2D eigenvalue weighted by Crippen LogP contribution is -2.23. The zero-order valence-corrected chi connectivity index (χ0v) is 13.2. The summed E-state index contributed by atoms with van der Waals surface area (Å²) in [6.45, 7) is 10.8. The van der Waals surface area contributed by atoms with Gasteiger partial charge in [-0.05, 0) is 61.6 Å². The van der Waals surface area contributed by atoms with Crippen LogP contribution in [0.25, 0.3) is 0 Å². The summed E-state index contributed by atoms with van der Waals surface area (Å²) in [7, 11) is 2.01. The maximum absolute atomic E-state index is 4.55. The summed E-state index contributed by atoms with van der Waals surface area (Å²) >= 11 is 3.66. The van der Waals surface area contributed by atoms with Gasteiger partial charge in [0.1, 0.15) is 0 Å². The molecule has 98 valence electrons. The summed E-state index contributed by atoms with van der Waals surface area (Å²) in [4.78, 5) is 0. The van der Waals surface area contributed by atoms with Gasteiger partial charge in [0.2, 0.25) is 0 Å². The zero-order chi connectivity index (χ0) is 13.1. The van der Waals surface area contributed by atoms with Gasteiger partial charge in [-0.15, -0.1) is 0 Å². The molecule has 0 saturated heterocycles. The van der Waals surface area contributed by atoms with Crippen molar-refractivity contribution in [2.75, 3.05) is 13.6 Å². The Hall–Kier alpha value is -0.350. The van der Waals surface area contributed by atoms with E-state index in [1.165, 1.54) is 16.6 Å². The van der Waals surface area contributed by atoms with Crippen LogP contribution < -0.4 is 5.32 Å². The molecule has 0 amide bonds. The van der Waals surface area contributed by atoms with Gasteiger partial charge >= 0.3 is 0 Å². The predicted molar refractivity (Wildman–Crippen MR) is 76.4 cm³/mol. The molecule has 3 nitrogen and oxygen atoms in total. The monoisotopic (exact) mass is 301 g/mol. The van der Waals surface area contributed by atoms with Gasteiger partial charge in [0.15, 0.2) is 0 Å². The third-order valence-corrected chi connectivity index (χ3v) is 4.18. The minimum Gasteiger partial charge on any atom is -0.320 e. The standard InChI is InChI=1S/C13H24BrN3/c1-6-17-11(12(14)10(2)16-17)9-13(3,4)7-8-15-5/h15H,6-9H2,1-5H3. The molecule has 0 spiro atoms. The molecule has 0 aliphatic rings. The molecule has 0 saturated carbocycles. The molecule has 0 fully saturated rings. The van der Waals surface area contributed by atoms with Crippen LogP contribution in [0, 0.1) is 12.3 Å². The lowest BCUT2D eigenvalue weighted by atomic mass is 9.84. The van der Waals surface area contributed by atoms with Gasteiger partial charge < -0.3 is 5.32 Å². The summed E-state index contributed by atoms with van der Waals surface area (Å²) in [6.07, 6.45) is 2.23. The van der Waals surface area contributed by atoms with E-state index in [-0.39, 0.29) is 0 Å². The minimum absolute atomic E-state index is 0.297. The molecule has 0 radical (unpaired) electrons. The van der Waals surface area contributed by atoms with Gasteiger partial charge in [-0.25, -0.2) is 0 Å². The fourth-order valence-electron chi connectivity index (χ4n) is 2.04. The van der Waals surface area contributed by atoms with Crippen LogP contribution in [-0.2, 0) is 13.0 Å². The van der Waals surface area contributed by atoms with E-state index in [0.717, 1.165) is 25.2 Å². The van der Waals surface area contributed by atoms with Gasteiger partial charge in [0.05, 0.1) is 15.9 Å². The second-order valence-corrected chi connectivity index (χ2v) is 6.15. The molecule has 0 bridgehead atoms. The number of nitrogens with one attached hydrogen (secondary N) is 1. The average Bonchev–Trinajstić information content (AvgIpc) is 2.54. The minimum atomic E-state index is 0.297. The first-order valence-electron chi connectivity index (χ1n) is 6.27. The highest BCUT2D eigenvalue weighted by Gasteiger charge is 2.23. The van der Waals surface area contributed by atoms with Gasteiger partial charge in [-0.3, -0.25) is 4.68 Å². The first-order valence-corrected chi connectivity index (χ1v) is 7.07. The highest BCUT2D eigenvalue weighted by atomic mass is 79.9. The Kier molecular flexibility index (Phi) is 5.20. The van der Waals surface area contributed by atoms with Crippen LogP contribution in [-0.4, -0.2) is 23.4 Å². The van der Waals surface area contributed by atoms with Gasteiger partial charge in [-0.1, -0.05) is 13.8 Å². The van der Waals surface area contributed by atoms with Gasteiger partial charge in [0.25, 0.3) is 0 Å². The highest BCUT2D eigenvalue weighted by Crippen LogP contribution is 2.30. The van der Waals surface area contributed by atoms with Crippen molar-refractivity contribution in [1.82, 2.24) is 15.1 Å². The number of aromatic nitrogens is 2. The average molecular weight is 302 g/mol. The Bertz CT molecular complexity index is 369. The summed E-state index contributed by atoms with van der Waals surface area (Å²) in [5.74, 6) is 0. The Balaban J connectivity index is 2.86. The molecule has 4 heteroatoms. The van der Waals surface area contributed by atoms with Gasteiger partial charge in [-0.2, -0.15) is 5.10 Å². The molecule has 1 heterocycles. The van der Waals surface area contributed by atoms with Crippen molar-refractivity contribution in [3.63, 3.8) is 0 Å². The SMILES string of the molecule is CCn1nc(C)c(Br)c1CC(C)(C)CCNC. The van der Waals surface area contributed by atoms with Crippen LogP contribution in [0.4, 0.5) is 0 Å². The fraction of sp³-hybridized carbons (Fsp3) is 0.769. The molecule has 0 aromatic carbocycles. The van der Waals surface area contributed by atoms with Gasteiger partial charge in [0, 0.05) is 6.54 Å². The van der Waals surface area contributed by atoms with E-state index in [9.17, 15) is 0 Å². The molecular weight excluding hydrogens is 278 g/mol. The van der Waals surface area contributed by atoms with Crippen LogP contribution in [0.1, 0.15) is 38.6 Å². The number of halogens is 1. The van der Waals surface area contributed by atoms with Crippen LogP contribution in [0.15, 0.2) is 4.47 Å². The predicted octanol–water partition coefficient (Wildman–Crippen LogP) is 3.15. The zero-order valence-electron chi connectivity index (χ0n) is 11.6. The van der Waals surface area contributed by atoms with E-state index < -0.39 is 0 Å². The molecule has 0 aliphatic heterocycles. The molecule has 17 heavy (non-hydrogen) atoms. The second-order valence-electron chi connectivity index (χ2n) is 5.36. The Morgan fingerprint density at radius 1 is 1.41 bits per heavy atom. The van der Waals surface area contributed by atoms with Crippen LogP contribution in [0.5, 0.6) is 0 Å². The molecule has 0 aliphatic carbocycles. The molecule has 0 unspecified atom stereocenters. The normalized spacial score (nSPS) is 12.1. The maximum Gasteiger partial charge on any atom is 0.0738 e. The van der Waals surface area contributed by atoms with E-state index in [1.54, 1.807) is 0 Å². The molecule has 1 aromatic rings. The van der Waals surface area contributed by atoms with E-state index in [1.807, 2.05) is 7.05 Å². The maximum atomic E-state index is 4.55. The summed E-state index contributed by atoms with van der Waals surface area (Å²) < 4.78 is 3.29. The van der Waals surface area contributed by atoms with Crippen molar-refractivity contribution < 1.29 is 0 Å². The summed E-state index contributed by atoms with van der Waals surface area (Å²) in [5.41, 5.74) is 2.71. The molecule has 1 N–H and O–H groups in total.